The molecule has 0 spiro atoms. The molecule has 0 amide bonds. The minimum atomic E-state index is -0.328. The molecule has 0 heterocycles. The summed E-state index contributed by atoms with van der Waals surface area (Å²) in [6, 6.07) is 0. The number of hydrogen-bond acceptors (Lipinski definition) is 1. The van der Waals surface area contributed by atoms with Crippen LogP contribution < -0.4 is 5.73 Å². The number of nitrogens with two attached hydrogens (primary N) is 1. The Morgan fingerprint density at radius 3 is 1.80 bits per heavy atom. The van der Waals surface area contributed by atoms with E-state index in [4.69, 9.17) is 8.92 Å². The van der Waals surface area contributed by atoms with Gasteiger partial charge in [0.15, 0.2) is 0 Å². The summed E-state index contributed by atoms with van der Waals surface area (Å²) in [5.74, 6) is 0. The third-order valence-electron chi connectivity index (χ3n) is 0. The van der Waals surface area contributed by atoms with Gasteiger partial charge in [-0.3, -0.25) is 0 Å². The van der Waals surface area contributed by atoms with Crippen LogP contribution in [0.25, 0.3) is 0 Å². The van der Waals surface area contributed by atoms with Crippen molar-refractivity contribution in [2.75, 3.05) is 7.05 Å². The van der Waals surface area contributed by atoms with Crippen LogP contribution in [0.1, 0.15) is 0 Å². The van der Waals surface area contributed by atoms with Gasteiger partial charge in [-0.2, -0.15) is 0 Å². The molecule has 0 bridgehead atoms. The van der Waals surface area contributed by atoms with Crippen molar-refractivity contribution in [2.45, 2.75) is 0 Å². The van der Waals surface area contributed by atoms with Crippen LogP contribution >= 0.6 is 27.6 Å². The van der Waals surface area contributed by atoms with Gasteiger partial charge < -0.3 is 5.73 Å². The van der Waals surface area contributed by atoms with E-state index in [1.807, 2.05) is 0 Å². The Labute approximate surface area is 55.8 Å². The molecule has 0 aliphatic carbocycles. The average molecular weight is 312 g/mol. The van der Waals surface area contributed by atoms with Crippen molar-refractivity contribution in [1.82, 2.24) is 0 Å². The van der Waals surface area contributed by atoms with Gasteiger partial charge in [0.25, 0.3) is 0 Å². The molecule has 0 aromatic heterocycles. The molecule has 4 heteroatoms. The van der Waals surface area contributed by atoms with Crippen LogP contribution in [0.3, 0.4) is 0 Å². The van der Waals surface area contributed by atoms with E-state index in [2.05, 4.69) is 24.4 Å². The summed E-state index contributed by atoms with van der Waals surface area (Å²) in [7, 11) is 6.66. The second-order valence-electron chi connectivity index (χ2n) is 0.0714. The fourth-order valence-electron chi connectivity index (χ4n) is 0. The molecule has 2 radical (unpaired) electrons. The molecule has 1 nitrogen and oxygen atoms in total. The predicted octanol–water partition coefficient (Wildman–Crippen LogP) is 0.769. The fourth-order valence-corrected chi connectivity index (χ4v) is 0. The first-order chi connectivity index (χ1) is 2.41. The van der Waals surface area contributed by atoms with Gasteiger partial charge in [-0.15, -0.1) is 0 Å². The third kappa shape index (κ3) is 26.1. The second-order valence-corrected chi connectivity index (χ2v) is 9.64. The molecule has 0 aromatic carbocycles. The second kappa shape index (κ2) is 17.1. The van der Waals surface area contributed by atoms with E-state index in [-0.39, 0.29) is 16.0 Å². The van der Waals surface area contributed by atoms with E-state index >= 15 is 0 Å². The van der Waals surface area contributed by atoms with E-state index in [0.29, 0.717) is 0 Å². The molecule has 0 aliphatic heterocycles. The topological polar surface area (TPSA) is 26.0 Å². The summed E-state index contributed by atoms with van der Waals surface area (Å²) in [5, 5.41) is 0. The Morgan fingerprint density at radius 1 is 1.80 bits per heavy atom. The maximum atomic E-state index is 5.16. The first-order valence-corrected chi connectivity index (χ1v) is 12.9. The van der Waals surface area contributed by atoms with E-state index in [9.17, 15) is 0 Å². The first kappa shape index (κ1) is 9.91. The van der Waals surface area contributed by atoms with Gasteiger partial charge in [0.05, 0.1) is 0 Å². The Bertz CT molecular complexity index is 11.6. The molecular weight excluding hydrogens is 307 g/mol. The summed E-state index contributed by atoms with van der Waals surface area (Å²) < 4.78 is 0. The molecule has 0 rings (SSSR count). The molecule has 0 fully saturated rings. The normalized spacial score (nSPS) is 4.80. The molecule has 0 aromatic rings. The summed E-state index contributed by atoms with van der Waals surface area (Å²) in [4.78, 5) is 0. The van der Waals surface area contributed by atoms with Crippen molar-refractivity contribution in [2.24, 2.45) is 5.73 Å². The quantitative estimate of drug-likeness (QED) is 0.519. The summed E-state index contributed by atoms with van der Waals surface area (Å²) in [6.45, 7) is 0. The van der Waals surface area contributed by atoms with Crippen molar-refractivity contribution < 1.29 is 0 Å². The van der Waals surface area contributed by atoms with Gasteiger partial charge >= 0.3 is 43.6 Å². The molecule has 0 saturated heterocycles. The van der Waals surface area contributed by atoms with Crippen LogP contribution in [0.4, 0.5) is 0 Å². The van der Waals surface area contributed by atoms with Crippen molar-refractivity contribution in [3.05, 3.63) is 0 Å². The van der Waals surface area contributed by atoms with E-state index < -0.39 is 0 Å². The average Bonchev–Trinajstić information content (AvgIpc) is 1.46. The molecule has 32 valence electrons. The van der Waals surface area contributed by atoms with E-state index in [1.54, 1.807) is 0 Å². The Kier molecular flexibility index (Phi) is 33.9. The Hall–Kier alpha value is 1.78. The van der Waals surface area contributed by atoms with E-state index in [1.165, 1.54) is 7.05 Å². The monoisotopic (exact) mass is 313 g/mol. The summed E-state index contributed by atoms with van der Waals surface area (Å²) >= 11 is 1.90. The molecule has 0 atom stereocenters. The van der Waals surface area contributed by atoms with Crippen LogP contribution in [0.5, 0.6) is 0 Å². The van der Waals surface area contributed by atoms with Crippen molar-refractivity contribution >= 4 is 43.6 Å². The Balaban J connectivity index is 0. The van der Waals surface area contributed by atoms with E-state index in [0.717, 1.165) is 0 Å². The fraction of sp³-hybridized carbons (Fsp3) is 1.00. The molecule has 5 heavy (non-hydrogen) atoms. The van der Waals surface area contributed by atoms with Crippen molar-refractivity contribution in [1.29, 1.82) is 0 Å². The summed E-state index contributed by atoms with van der Waals surface area (Å²) in [6.07, 6.45) is 0. The van der Waals surface area contributed by atoms with Gasteiger partial charge in [0, 0.05) is 0 Å². The minimum absolute atomic E-state index is 0.328. The van der Waals surface area contributed by atoms with Crippen LogP contribution in [-0.2, 0) is 0 Å². The maximum absolute atomic E-state index is 5.16. The zero-order chi connectivity index (χ0) is 4.71. The molecule has 0 saturated carbocycles. The summed E-state index contributed by atoms with van der Waals surface area (Å²) in [5.41, 5.74) is 4.50. The standard InChI is InChI=1S/CH5N.ClH.HI.Sn/c1-2;;;/h2H2,1H3;2*1H;/q;;;+2/p-2. The zero-order valence-electron chi connectivity index (χ0n) is 2.83. The van der Waals surface area contributed by atoms with Gasteiger partial charge in [0.1, 0.15) is 0 Å². The molecule has 2 N–H and O–H groups in total. The number of rotatable bonds is 0. The van der Waals surface area contributed by atoms with Crippen LogP contribution in [-0.4, -0.2) is 23.1 Å². The van der Waals surface area contributed by atoms with Crippen molar-refractivity contribution in [3.8, 4) is 0 Å². The number of halogens is 2. The van der Waals surface area contributed by atoms with Gasteiger partial charge in [-0.1, -0.05) is 0 Å². The third-order valence-corrected chi connectivity index (χ3v) is 0. The predicted molar refractivity (Wildman–Crippen MR) is 35.7 cm³/mol. The SMILES string of the molecule is CN.[Cl][Sn][I]. The zero-order valence-corrected chi connectivity index (χ0v) is 8.60. The van der Waals surface area contributed by atoms with Crippen LogP contribution in [0.15, 0.2) is 0 Å². The van der Waals surface area contributed by atoms with Crippen molar-refractivity contribution in [3.63, 3.8) is 0 Å². The van der Waals surface area contributed by atoms with Gasteiger partial charge in [0.2, 0.25) is 0 Å². The molecule has 0 unspecified atom stereocenters. The van der Waals surface area contributed by atoms with Crippen LogP contribution in [0.2, 0.25) is 0 Å². The molecular formula is CH5ClINSn. The number of hydrogen-bond donors (Lipinski definition) is 1. The van der Waals surface area contributed by atoms with Gasteiger partial charge in [-0.25, -0.2) is 0 Å². The molecule has 0 aliphatic rings. The van der Waals surface area contributed by atoms with Crippen LogP contribution in [0, 0.1) is 0 Å². The van der Waals surface area contributed by atoms with Gasteiger partial charge in [-0.05, 0) is 7.05 Å². The first-order valence-electron chi connectivity index (χ1n) is 0.955. The Morgan fingerprint density at radius 2 is 1.80 bits per heavy atom.